The Hall–Kier alpha value is -1.78. The molecule has 2 aromatic rings. The van der Waals surface area contributed by atoms with Crippen LogP contribution in [-0.4, -0.2) is 23.2 Å². The molecule has 1 heterocycles. The zero-order valence-corrected chi connectivity index (χ0v) is 14.0. The van der Waals surface area contributed by atoms with E-state index in [1.165, 1.54) is 22.4 Å². The van der Waals surface area contributed by atoms with Crippen molar-refractivity contribution in [2.24, 2.45) is 0 Å². The van der Waals surface area contributed by atoms with E-state index >= 15 is 0 Å². The molecule has 23 heavy (non-hydrogen) atoms. The van der Waals surface area contributed by atoms with Crippen LogP contribution in [0.15, 0.2) is 36.4 Å². The lowest BCUT2D eigenvalue weighted by Crippen LogP contribution is -2.13. The van der Waals surface area contributed by atoms with E-state index in [1.807, 2.05) is 28.8 Å². The highest BCUT2D eigenvalue weighted by Gasteiger charge is 2.21. The fourth-order valence-corrected chi connectivity index (χ4v) is 3.24. The van der Waals surface area contributed by atoms with Crippen molar-refractivity contribution < 1.29 is 9.53 Å². The lowest BCUT2D eigenvalue weighted by molar-refractivity contribution is 0.0844. The highest BCUT2D eigenvalue weighted by atomic mass is 32.1. The van der Waals surface area contributed by atoms with E-state index in [2.05, 4.69) is 30.8 Å². The van der Waals surface area contributed by atoms with E-state index in [0.717, 1.165) is 25.5 Å². The van der Waals surface area contributed by atoms with Crippen molar-refractivity contribution >= 4 is 30.6 Å². The Morgan fingerprint density at radius 2 is 2.04 bits per heavy atom. The Bertz CT molecular complexity index is 704. The molecule has 1 aliphatic carbocycles. The maximum Gasteiger partial charge on any atom is 0.166 e. The standard InChI is InChI=1S/C19H21NO2S/c21-13-17-12-18-16(11-15-5-2-1-3-6-15)7-4-8-19(18)20(17)14-22-9-10-23/h1-3,5-6,11-13,23H,4,7-10,14H2/b16-11+. The third-order valence-corrected chi connectivity index (χ3v) is 4.35. The molecule has 0 bridgehead atoms. The molecule has 0 spiro atoms. The van der Waals surface area contributed by atoms with Gasteiger partial charge in [0.1, 0.15) is 6.73 Å². The summed E-state index contributed by atoms with van der Waals surface area (Å²) < 4.78 is 7.60. The van der Waals surface area contributed by atoms with Crippen LogP contribution in [0.1, 0.15) is 40.2 Å². The lowest BCUT2D eigenvalue weighted by atomic mass is 9.91. The predicted octanol–water partition coefficient (Wildman–Crippen LogP) is 4.08. The lowest BCUT2D eigenvalue weighted by Gasteiger charge is -2.19. The van der Waals surface area contributed by atoms with Crippen LogP contribution in [0.4, 0.5) is 0 Å². The van der Waals surface area contributed by atoms with Gasteiger partial charge >= 0.3 is 0 Å². The molecule has 0 amide bonds. The summed E-state index contributed by atoms with van der Waals surface area (Å²) in [4.78, 5) is 11.4. The van der Waals surface area contributed by atoms with Gasteiger partial charge in [0.05, 0.1) is 12.3 Å². The van der Waals surface area contributed by atoms with E-state index in [0.29, 0.717) is 24.8 Å². The molecular weight excluding hydrogens is 306 g/mol. The first-order chi connectivity index (χ1) is 11.3. The molecule has 1 aromatic carbocycles. The topological polar surface area (TPSA) is 31.2 Å². The van der Waals surface area contributed by atoms with Crippen molar-refractivity contribution in [3.63, 3.8) is 0 Å². The number of rotatable bonds is 6. The molecule has 0 saturated heterocycles. The summed E-state index contributed by atoms with van der Waals surface area (Å²) in [5.74, 6) is 0.680. The summed E-state index contributed by atoms with van der Waals surface area (Å²) in [7, 11) is 0. The van der Waals surface area contributed by atoms with Gasteiger partial charge in [0.25, 0.3) is 0 Å². The summed E-state index contributed by atoms with van der Waals surface area (Å²) in [6, 6.07) is 12.3. The Morgan fingerprint density at radius 3 is 2.78 bits per heavy atom. The van der Waals surface area contributed by atoms with Gasteiger partial charge in [-0.05, 0) is 42.0 Å². The molecule has 3 rings (SSSR count). The Labute approximate surface area is 142 Å². The zero-order chi connectivity index (χ0) is 16.1. The van der Waals surface area contributed by atoms with Crippen LogP contribution in [0.2, 0.25) is 0 Å². The highest BCUT2D eigenvalue weighted by Crippen LogP contribution is 2.34. The van der Waals surface area contributed by atoms with Crippen molar-refractivity contribution in [1.29, 1.82) is 0 Å². The molecule has 0 aliphatic heterocycles. The first kappa shape index (κ1) is 16.1. The molecule has 4 heteroatoms. The fraction of sp³-hybridized carbons (Fsp3) is 0.316. The molecule has 3 nitrogen and oxygen atoms in total. The molecule has 0 N–H and O–H groups in total. The average molecular weight is 327 g/mol. The van der Waals surface area contributed by atoms with Crippen LogP contribution in [-0.2, 0) is 17.9 Å². The first-order valence-corrected chi connectivity index (χ1v) is 8.59. The molecule has 1 aliphatic rings. The minimum atomic E-state index is 0.419. The number of nitrogens with zero attached hydrogens (tertiary/aromatic N) is 1. The summed E-state index contributed by atoms with van der Waals surface area (Å²) in [5.41, 5.74) is 5.59. The molecular formula is C19H21NO2S. The number of fused-ring (bicyclic) bond motifs is 1. The number of carbonyl (C=O) groups excluding carboxylic acids is 1. The van der Waals surface area contributed by atoms with Crippen molar-refractivity contribution in [2.45, 2.75) is 26.0 Å². The van der Waals surface area contributed by atoms with Crippen molar-refractivity contribution in [1.82, 2.24) is 4.57 Å². The maximum absolute atomic E-state index is 11.4. The van der Waals surface area contributed by atoms with Crippen LogP contribution < -0.4 is 0 Å². The zero-order valence-electron chi connectivity index (χ0n) is 13.1. The molecule has 1 aromatic heterocycles. The van der Waals surface area contributed by atoms with E-state index < -0.39 is 0 Å². The molecule has 0 unspecified atom stereocenters. The number of aldehydes is 1. The van der Waals surface area contributed by atoms with Gasteiger partial charge in [0, 0.05) is 11.4 Å². The Balaban J connectivity index is 1.96. The second-order valence-electron chi connectivity index (χ2n) is 5.67. The number of hydrogen-bond acceptors (Lipinski definition) is 3. The number of ether oxygens (including phenoxy) is 1. The number of hydrogen-bond donors (Lipinski definition) is 1. The van der Waals surface area contributed by atoms with Gasteiger partial charge in [0.2, 0.25) is 0 Å². The van der Waals surface area contributed by atoms with Gasteiger partial charge in [0.15, 0.2) is 6.29 Å². The van der Waals surface area contributed by atoms with Crippen LogP contribution in [0, 0.1) is 0 Å². The SMILES string of the molecule is O=Cc1cc2c(n1COCCS)CCC/C2=C\c1ccccc1. The van der Waals surface area contributed by atoms with E-state index in [4.69, 9.17) is 4.74 Å². The predicted molar refractivity (Wildman–Crippen MR) is 96.9 cm³/mol. The van der Waals surface area contributed by atoms with Crippen LogP contribution in [0.5, 0.6) is 0 Å². The van der Waals surface area contributed by atoms with Crippen molar-refractivity contribution in [3.05, 3.63) is 58.9 Å². The van der Waals surface area contributed by atoms with E-state index in [9.17, 15) is 4.79 Å². The van der Waals surface area contributed by atoms with Crippen LogP contribution in [0.3, 0.4) is 0 Å². The van der Waals surface area contributed by atoms with Crippen molar-refractivity contribution in [2.75, 3.05) is 12.4 Å². The second-order valence-corrected chi connectivity index (χ2v) is 6.12. The number of benzene rings is 1. The largest absolute Gasteiger partial charge is 0.360 e. The number of carbonyl (C=O) groups is 1. The monoisotopic (exact) mass is 327 g/mol. The fourth-order valence-electron chi connectivity index (χ4n) is 3.11. The quantitative estimate of drug-likeness (QED) is 0.492. The Kier molecular flexibility index (Phi) is 5.36. The number of allylic oxidation sites excluding steroid dienone is 1. The minimum Gasteiger partial charge on any atom is -0.360 e. The molecule has 0 radical (unpaired) electrons. The van der Waals surface area contributed by atoms with Crippen LogP contribution in [0.25, 0.3) is 11.6 Å². The third-order valence-electron chi connectivity index (χ3n) is 4.16. The molecule has 0 saturated carbocycles. The van der Waals surface area contributed by atoms with Gasteiger partial charge < -0.3 is 9.30 Å². The van der Waals surface area contributed by atoms with Gasteiger partial charge in [-0.25, -0.2) is 0 Å². The summed E-state index contributed by atoms with van der Waals surface area (Å²) in [5, 5.41) is 0. The smallest absolute Gasteiger partial charge is 0.166 e. The number of thiol groups is 1. The molecule has 0 atom stereocenters. The minimum absolute atomic E-state index is 0.419. The van der Waals surface area contributed by atoms with Crippen LogP contribution >= 0.6 is 12.6 Å². The van der Waals surface area contributed by atoms with Gasteiger partial charge in [-0.2, -0.15) is 12.6 Å². The Morgan fingerprint density at radius 1 is 1.22 bits per heavy atom. The van der Waals surface area contributed by atoms with Gasteiger partial charge in [-0.3, -0.25) is 4.79 Å². The number of aromatic nitrogens is 1. The van der Waals surface area contributed by atoms with Gasteiger partial charge in [-0.15, -0.1) is 0 Å². The molecule has 0 fully saturated rings. The van der Waals surface area contributed by atoms with Crippen molar-refractivity contribution in [3.8, 4) is 0 Å². The normalized spacial score (nSPS) is 15.6. The molecule has 120 valence electrons. The first-order valence-electron chi connectivity index (χ1n) is 7.95. The van der Waals surface area contributed by atoms with E-state index in [-0.39, 0.29) is 0 Å². The summed E-state index contributed by atoms with van der Waals surface area (Å²) in [6.45, 7) is 1.00. The average Bonchev–Trinajstić information content (AvgIpc) is 2.95. The third kappa shape index (κ3) is 3.59. The summed E-state index contributed by atoms with van der Waals surface area (Å²) in [6.07, 6.45) is 6.27. The van der Waals surface area contributed by atoms with Gasteiger partial charge in [-0.1, -0.05) is 36.4 Å². The highest BCUT2D eigenvalue weighted by molar-refractivity contribution is 7.80. The maximum atomic E-state index is 11.4. The second kappa shape index (κ2) is 7.66. The van der Waals surface area contributed by atoms with E-state index in [1.54, 1.807) is 0 Å². The summed E-state index contributed by atoms with van der Waals surface area (Å²) >= 11 is 4.16.